The number of nitrogens with zero attached hydrogens (tertiary/aromatic N) is 4. The molecule has 2 aliphatic rings. The van der Waals surface area contributed by atoms with Crippen LogP contribution >= 0.6 is 0 Å². The van der Waals surface area contributed by atoms with Crippen molar-refractivity contribution in [1.29, 1.82) is 0 Å². The van der Waals surface area contributed by atoms with Crippen LogP contribution in [0.2, 0.25) is 0 Å². The van der Waals surface area contributed by atoms with Gasteiger partial charge in [0, 0.05) is 38.3 Å². The van der Waals surface area contributed by atoms with E-state index in [1.54, 1.807) is 17.2 Å². The number of hydrogen-bond acceptors (Lipinski definition) is 5. The molecule has 7 heteroatoms. The van der Waals surface area contributed by atoms with Crippen LogP contribution in [0, 0.1) is 17.8 Å². The Morgan fingerprint density at radius 3 is 2.28 bits per heavy atom. The van der Waals surface area contributed by atoms with Crippen LogP contribution in [0.3, 0.4) is 0 Å². The molecule has 1 N–H and O–H groups in total. The Hall–Kier alpha value is -2.80. The third-order valence-electron chi connectivity index (χ3n) is 6.96. The van der Waals surface area contributed by atoms with E-state index in [-0.39, 0.29) is 23.7 Å². The molecule has 4 rings (SSSR count). The summed E-state index contributed by atoms with van der Waals surface area (Å²) < 4.78 is 0. The molecule has 32 heavy (non-hydrogen) atoms. The van der Waals surface area contributed by atoms with Crippen molar-refractivity contribution in [3.05, 3.63) is 48.2 Å². The molecule has 1 atom stereocenters. The van der Waals surface area contributed by atoms with E-state index in [1.165, 1.54) is 5.56 Å². The average molecular weight is 436 g/mol. The maximum absolute atomic E-state index is 13.1. The van der Waals surface area contributed by atoms with Crippen molar-refractivity contribution in [2.24, 2.45) is 17.8 Å². The van der Waals surface area contributed by atoms with Gasteiger partial charge < -0.3 is 10.2 Å². The summed E-state index contributed by atoms with van der Waals surface area (Å²) in [6.07, 6.45) is 3.55. The molecule has 1 aromatic carbocycles. The van der Waals surface area contributed by atoms with Crippen molar-refractivity contribution in [2.45, 2.75) is 39.5 Å². The summed E-state index contributed by atoms with van der Waals surface area (Å²) in [4.78, 5) is 29.5. The average Bonchev–Trinajstić information content (AvgIpc) is 2.78. The highest BCUT2D eigenvalue weighted by atomic mass is 16.2. The highest BCUT2D eigenvalue weighted by molar-refractivity contribution is 6.01. The van der Waals surface area contributed by atoms with Gasteiger partial charge in [-0.25, -0.2) is 0 Å². The molecule has 3 heterocycles. The molecule has 2 fully saturated rings. The summed E-state index contributed by atoms with van der Waals surface area (Å²) in [7, 11) is 0. The normalized spacial score (nSPS) is 18.3. The van der Waals surface area contributed by atoms with Gasteiger partial charge in [-0.15, -0.1) is 5.10 Å². The summed E-state index contributed by atoms with van der Waals surface area (Å²) in [5.74, 6) is 1.69. The van der Waals surface area contributed by atoms with Gasteiger partial charge in [-0.3, -0.25) is 14.5 Å². The standard InChI is InChI=1S/C25H33N5O2/c1-17(2)18(3)24(31)29-13-10-20(11-14-29)19-6-8-22(9-7-19)30(23-5-4-12-27-28-23)25(32)21-15-26-16-21/h4-9,12,17-18,20-21,26H,10-11,13-16H2,1-3H3. The van der Waals surface area contributed by atoms with E-state index in [0.717, 1.165) is 31.6 Å². The van der Waals surface area contributed by atoms with Gasteiger partial charge in [-0.1, -0.05) is 32.9 Å². The Kier molecular flexibility index (Phi) is 6.84. The fraction of sp³-hybridized carbons (Fsp3) is 0.520. The zero-order chi connectivity index (χ0) is 22.7. The molecule has 170 valence electrons. The first-order valence-electron chi connectivity index (χ1n) is 11.7. The second-order valence-corrected chi connectivity index (χ2v) is 9.33. The minimum Gasteiger partial charge on any atom is -0.342 e. The molecule has 0 aliphatic carbocycles. The van der Waals surface area contributed by atoms with Crippen molar-refractivity contribution >= 4 is 23.3 Å². The molecule has 0 spiro atoms. The van der Waals surface area contributed by atoms with Crippen molar-refractivity contribution in [1.82, 2.24) is 20.4 Å². The van der Waals surface area contributed by atoms with Crippen molar-refractivity contribution in [2.75, 3.05) is 31.1 Å². The van der Waals surface area contributed by atoms with Crippen LogP contribution in [-0.4, -0.2) is 53.1 Å². The number of carbonyl (C=O) groups is 2. The number of benzene rings is 1. The van der Waals surface area contributed by atoms with Crippen molar-refractivity contribution < 1.29 is 9.59 Å². The number of likely N-dealkylation sites (tertiary alicyclic amines) is 1. The van der Waals surface area contributed by atoms with Crippen LogP contribution in [0.25, 0.3) is 0 Å². The maximum atomic E-state index is 13.1. The minimum absolute atomic E-state index is 0.0354. The highest BCUT2D eigenvalue weighted by Gasteiger charge is 2.32. The Bertz CT molecular complexity index is 919. The number of hydrogen-bond donors (Lipinski definition) is 1. The third kappa shape index (κ3) is 4.67. The first-order valence-corrected chi connectivity index (χ1v) is 11.7. The second kappa shape index (κ2) is 9.77. The Morgan fingerprint density at radius 1 is 1.06 bits per heavy atom. The fourth-order valence-corrected chi connectivity index (χ4v) is 4.33. The van der Waals surface area contributed by atoms with Crippen LogP contribution in [0.5, 0.6) is 0 Å². The molecule has 2 amide bonds. The van der Waals surface area contributed by atoms with Crippen LogP contribution in [0.1, 0.15) is 45.1 Å². The van der Waals surface area contributed by atoms with Gasteiger partial charge >= 0.3 is 0 Å². The summed E-state index contributed by atoms with van der Waals surface area (Å²) in [5.41, 5.74) is 2.07. The number of aromatic nitrogens is 2. The molecule has 2 saturated heterocycles. The van der Waals surface area contributed by atoms with Gasteiger partial charge in [0.05, 0.1) is 11.6 Å². The number of piperidine rings is 1. The molecule has 1 aromatic heterocycles. The van der Waals surface area contributed by atoms with Crippen LogP contribution in [0.4, 0.5) is 11.5 Å². The summed E-state index contributed by atoms with van der Waals surface area (Å²) in [6.45, 7) is 9.24. The van der Waals surface area contributed by atoms with E-state index in [4.69, 9.17) is 0 Å². The lowest BCUT2D eigenvalue weighted by Gasteiger charge is -2.35. The molecular weight excluding hydrogens is 402 g/mol. The molecule has 0 bridgehead atoms. The number of nitrogens with one attached hydrogen (secondary N) is 1. The van der Waals surface area contributed by atoms with Crippen LogP contribution < -0.4 is 10.2 Å². The smallest absolute Gasteiger partial charge is 0.238 e. The van der Waals surface area contributed by atoms with E-state index in [2.05, 4.69) is 41.5 Å². The summed E-state index contributed by atoms with van der Waals surface area (Å²) in [6, 6.07) is 11.9. The van der Waals surface area contributed by atoms with Crippen molar-refractivity contribution in [3.8, 4) is 0 Å². The van der Waals surface area contributed by atoms with Gasteiger partial charge in [0.15, 0.2) is 5.82 Å². The van der Waals surface area contributed by atoms with Crippen LogP contribution in [-0.2, 0) is 9.59 Å². The third-order valence-corrected chi connectivity index (χ3v) is 6.96. The molecule has 2 aromatic rings. The molecule has 0 saturated carbocycles. The first-order chi connectivity index (χ1) is 15.5. The summed E-state index contributed by atoms with van der Waals surface area (Å²) in [5, 5.41) is 11.3. The van der Waals surface area contributed by atoms with E-state index >= 15 is 0 Å². The number of anilines is 2. The molecule has 1 unspecified atom stereocenters. The van der Waals surface area contributed by atoms with Crippen molar-refractivity contribution in [3.63, 3.8) is 0 Å². The zero-order valence-electron chi connectivity index (χ0n) is 19.2. The SMILES string of the molecule is CC(C)C(C)C(=O)N1CCC(c2ccc(N(C(=O)C3CNC3)c3cccnn3)cc2)CC1. The van der Waals surface area contributed by atoms with E-state index in [9.17, 15) is 9.59 Å². The number of amides is 2. The number of carbonyl (C=O) groups excluding carboxylic acids is 2. The second-order valence-electron chi connectivity index (χ2n) is 9.33. The summed E-state index contributed by atoms with van der Waals surface area (Å²) >= 11 is 0. The fourth-order valence-electron chi connectivity index (χ4n) is 4.33. The van der Waals surface area contributed by atoms with Gasteiger partial charge in [-0.05, 0) is 54.5 Å². The molecular formula is C25H33N5O2. The highest BCUT2D eigenvalue weighted by Crippen LogP contribution is 2.32. The number of rotatable bonds is 6. The Morgan fingerprint density at radius 2 is 1.75 bits per heavy atom. The predicted octanol–water partition coefficient (Wildman–Crippen LogP) is 3.36. The monoisotopic (exact) mass is 435 g/mol. The maximum Gasteiger partial charge on any atom is 0.238 e. The minimum atomic E-state index is -0.0354. The predicted molar refractivity (Wildman–Crippen MR) is 125 cm³/mol. The molecule has 0 radical (unpaired) electrons. The lowest BCUT2D eigenvalue weighted by Crippen LogP contribution is -2.51. The lowest BCUT2D eigenvalue weighted by molar-refractivity contribution is -0.137. The Balaban J connectivity index is 1.45. The van der Waals surface area contributed by atoms with E-state index in [1.807, 2.05) is 30.0 Å². The quantitative estimate of drug-likeness (QED) is 0.753. The molecule has 7 nitrogen and oxygen atoms in total. The largest absolute Gasteiger partial charge is 0.342 e. The topological polar surface area (TPSA) is 78.4 Å². The van der Waals surface area contributed by atoms with E-state index in [0.29, 0.717) is 30.7 Å². The van der Waals surface area contributed by atoms with Gasteiger partial charge in [-0.2, -0.15) is 5.10 Å². The van der Waals surface area contributed by atoms with Crippen LogP contribution in [0.15, 0.2) is 42.6 Å². The Labute approximate surface area is 190 Å². The zero-order valence-corrected chi connectivity index (χ0v) is 19.2. The lowest BCUT2D eigenvalue weighted by atomic mass is 9.88. The van der Waals surface area contributed by atoms with Gasteiger partial charge in [0.25, 0.3) is 0 Å². The van der Waals surface area contributed by atoms with E-state index < -0.39 is 0 Å². The molecule has 2 aliphatic heterocycles. The first kappa shape index (κ1) is 22.4. The van der Waals surface area contributed by atoms with Gasteiger partial charge in [0.1, 0.15) is 0 Å². The van der Waals surface area contributed by atoms with Gasteiger partial charge in [0.2, 0.25) is 11.8 Å².